The van der Waals surface area contributed by atoms with Gasteiger partial charge in [-0.3, -0.25) is 0 Å². The average molecular weight is 256 g/mol. The molecule has 0 bridgehead atoms. The molecular formula is C14H28N2S. The van der Waals surface area contributed by atoms with Crippen LogP contribution in [-0.2, 0) is 0 Å². The van der Waals surface area contributed by atoms with E-state index in [1.807, 2.05) is 25.6 Å². The maximum absolute atomic E-state index is 8.87. The zero-order valence-corrected chi connectivity index (χ0v) is 12.5. The van der Waals surface area contributed by atoms with Crippen LogP contribution in [0.3, 0.4) is 0 Å². The van der Waals surface area contributed by atoms with Crippen molar-refractivity contribution in [2.45, 2.75) is 52.4 Å². The predicted octanol–water partition coefficient (Wildman–Crippen LogP) is 3.83. The summed E-state index contributed by atoms with van der Waals surface area (Å²) < 4.78 is 0. The van der Waals surface area contributed by atoms with Crippen molar-refractivity contribution in [1.82, 2.24) is 5.32 Å². The Morgan fingerprint density at radius 1 is 1.06 bits per heavy atom. The summed E-state index contributed by atoms with van der Waals surface area (Å²) in [4.78, 5) is 0. The molecule has 0 heterocycles. The standard InChI is InChI=1S/C14H28N2S/c1-14(2,13-15)9-8-11-16-10-6-4-5-7-12-17-3/h16H,4-12H2,1-3H3. The molecule has 0 fully saturated rings. The smallest absolute Gasteiger partial charge is 0.0683 e. The lowest BCUT2D eigenvalue weighted by Gasteiger charge is -2.14. The minimum Gasteiger partial charge on any atom is -0.317 e. The molecule has 0 rings (SSSR count). The molecule has 0 amide bonds. The minimum atomic E-state index is -0.153. The van der Waals surface area contributed by atoms with E-state index in [2.05, 4.69) is 17.6 Å². The summed E-state index contributed by atoms with van der Waals surface area (Å²) in [6.07, 6.45) is 9.62. The number of nitrogens with zero attached hydrogens (tertiary/aromatic N) is 1. The van der Waals surface area contributed by atoms with Crippen LogP contribution in [0.15, 0.2) is 0 Å². The summed E-state index contributed by atoms with van der Waals surface area (Å²) in [5.41, 5.74) is -0.153. The molecule has 0 saturated heterocycles. The van der Waals surface area contributed by atoms with Gasteiger partial charge >= 0.3 is 0 Å². The first-order valence-corrected chi connectivity index (χ1v) is 8.13. The highest BCUT2D eigenvalue weighted by Crippen LogP contribution is 2.19. The van der Waals surface area contributed by atoms with Crippen LogP contribution in [0.2, 0.25) is 0 Å². The highest BCUT2D eigenvalue weighted by Gasteiger charge is 2.14. The topological polar surface area (TPSA) is 35.8 Å². The van der Waals surface area contributed by atoms with E-state index in [9.17, 15) is 0 Å². The van der Waals surface area contributed by atoms with Crippen LogP contribution in [0.25, 0.3) is 0 Å². The molecule has 0 radical (unpaired) electrons. The predicted molar refractivity (Wildman–Crippen MR) is 78.3 cm³/mol. The maximum atomic E-state index is 8.87. The summed E-state index contributed by atoms with van der Waals surface area (Å²) in [6, 6.07) is 2.34. The summed E-state index contributed by atoms with van der Waals surface area (Å²) in [6.45, 7) is 6.21. The lowest BCUT2D eigenvalue weighted by atomic mass is 9.90. The Labute approximate surface area is 112 Å². The van der Waals surface area contributed by atoms with Gasteiger partial charge in [-0.2, -0.15) is 17.0 Å². The minimum absolute atomic E-state index is 0.153. The van der Waals surface area contributed by atoms with Gasteiger partial charge in [-0.1, -0.05) is 12.8 Å². The SMILES string of the molecule is CSCCCCCCNCCCC(C)(C)C#N. The molecule has 0 saturated carbocycles. The second kappa shape index (κ2) is 10.9. The van der Waals surface area contributed by atoms with E-state index < -0.39 is 0 Å². The maximum Gasteiger partial charge on any atom is 0.0683 e. The molecule has 3 heteroatoms. The highest BCUT2D eigenvalue weighted by atomic mass is 32.2. The molecule has 0 spiro atoms. The van der Waals surface area contributed by atoms with Gasteiger partial charge < -0.3 is 5.32 Å². The number of unbranched alkanes of at least 4 members (excludes halogenated alkanes) is 3. The highest BCUT2D eigenvalue weighted by molar-refractivity contribution is 7.98. The van der Waals surface area contributed by atoms with Crippen LogP contribution in [0.5, 0.6) is 0 Å². The van der Waals surface area contributed by atoms with Crippen LogP contribution in [0.1, 0.15) is 52.4 Å². The van der Waals surface area contributed by atoms with Gasteiger partial charge in [0.05, 0.1) is 11.5 Å². The summed E-state index contributed by atoms with van der Waals surface area (Å²) >= 11 is 1.94. The number of rotatable bonds is 11. The van der Waals surface area contributed by atoms with Crippen molar-refractivity contribution in [1.29, 1.82) is 5.26 Å². The first-order chi connectivity index (χ1) is 8.12. The molecule has 0 atom stereocenters. The van der Waals surface area contributed by atoms with Crippen molar-refractivity contribution in [2.75, 3.05) is 25.1 Å². The summed E-state index contributed by atoms with van der Waals surface area (Å²) in [5, 5.41) is 12.3. The fourth-order valence-electron chi connectivity index (χ4n) is 1.69. The zero-order valence-electron chi connectivity index (χ0n) is 11.7. The van der Waals surface area contributed by atoms with Gasteiger partial charge in [-0.25, -0.2) is 0 Å². The van der Waals surface area contributed by atoms with E-state index in [4.69, 9.17) is 5.26 Å². The van der Waals surface area contributed by atoms with Crippen molar-refractivity contribution in [3.63, 3.8) is 0 Å². The van der Waals surface area contributed by atoms with Crippen molar-refractivity contribution in [3.05, 3.63) is 0 Å². The molecule has 17 heavy (non-hydrogen) atoms. The molecule has 0 aliphatic carbocycles. The molecule has 0 aromatic rings. The molecule has 1 N–H and O–H groups in total. The van der Waals surface area contributed by atoms with Gasteiger partial charge in [-0.15, -0.1) is 0 Å². The third kappa shape index (κ3) is 12.1. The van der Waals surface area contributed by atoms with E-state index in [0.29, 0.717) is 0 Å². The van der Waals surface area contributed by atoms with Crippen molar-refractivity contribution in [3.8, 4) is 6.07 Å². The van der Waals surface area contributed by atoms with E-state index in [-0.39, 0.29) is 5.41 Å². The summed E-state index contributed by atoms with van der Waals surface area (Å²) in [7, 11) is 0. The Morgan fingerprint density at radius 2 is 1.71 bits per heavy atom. The fourth-order valence-corrected chi connectivity index (χ4v) is 2.18. The number of nitriles is 1. The van der Waals surface area contributed by atoms with Crippen LogP contribution in [0.4, 0.5) is 0 Å². The Balaban J connectivity index is 3.12. The molecule has 0 aromatic carbocycles. The lowest BCUT2D eigenvalue weighted by Crippen LogP contribution is -2.19. The molecule has 0 aliphatic rings. The van der Waals surface area contributed by atoms with Crippen LogP contribution < -0.4 is 5.32 Å². The second-order valence-electron chi connectivity index (χ2n) is 5.26. The third-order valence-corrected chi connectivity index (χ3v) is 3.61. The van der Waals surface area contributed by atoms with Gasteiger partial charge in [0.2, 0.25) is 0 Å². The van der Waals surface area contributed by atoms with E-state index >= 15 is 0 Å². The lowest BCUT2D eigenvalue weighted by molar-refractivity contribution is 0.424. The number of nitrogens with one attached hydrogen (secondary N) is 1. The second-order valence-corrected chi connectivity index (χ2v) is 6.24. The van der Waals surface area contributed by atoms with E-state index in [0.717, 1.165) is 25.9 Å². The van der Waals surface area contributed by atoms with Crippen LogP contribution >= 0.6 is 11.8 Å². The average Bonchev–Trinajstić information content (AvgIpc) is 2.31. The van der Waals surface area contributed by atoms with Gasteiger partial charge in [0.15, 0.2) is 0 Å². The largest absolute Gasteiger partial charge is 0.317 e. The van der Waals surface area contributed by atoms with E-state index in [1.54, 1.807) is 0 Å². The van der Waals surface area contributed by atoms with Crippen LogP contribution in [-0.4, -0.2) is 25.1 Å². The zero-order chi connectivity index (χ0) is 13.0. The molecule has 0 unspecified atom stereocenters. The quantitative estimate of drug-likeness (QED) is 0.571. The molecule has 0 aliphatic heterocycles. The number of thioether (sulfide) groups is 1. The van der Waals surface area contributed by atoms with Crippen molar-refractivity contribution in [2.24, 2.45) is 5.41 Å². The molecule has 0 aromatic heterocycles. The van der Waals surface area contributed by atoms with Gasteiger partial charge in [-0.05, 0) is 64.6 Å². The number of hydrogen-bond donors (Lipinski definition) is 1. The first-order valence-electron chi connectivity index (χ1n) is 6.73. The number of hydrogen-bond acceptors (Lipinski definition) is 3. The Hall–Kier alpha value is -0.200. The fraction of sp³-hybridized carbons (Fsp3) is 0.929. The van der Waals surface area contributed by atoms with Gasteiger partial charge in [0.1, 0.15) is 0 Å². The Kier molecular flexibility index (Phi) is 10.8. The monoisotopic (exact) mass is 256 g/mol. The van der Waals surface area contributed by atoms with Crippen LogP contribution in [0, 0.1) is 16.7 Å². The van der Waals surface area contributed by atoms with Gasteiger partial charge in [0.25, 0.3) is 0 Å². The molecule has 100 valence electrons. The Morgan fingerprint density at radius 3 is 2.35 bits per heavy atom. The van der Waals surface area contributed by atoms with Gasteiger partial charge in [0, 0.05) is 0 Å². The third-order valence-electron chi connectivity index (χ3n) is 2.91. The molecular weight excluding hydrogens is 228 g/mol. The first kappa shape index (κ1) is 16.8. The summed E-state index contributed by atoms with van der Waals surface area (Å²) in [5.74, 6) is 1.30. The van der Waals surface area contributed by atoms with E-state index in [1.165, 1.54) is 31.4 Å². The Bertz CT molecular complexity index is 209. The molecule has 2 nitrogen and oxygen atoms in total. The van der Waals surface area contributed by atoms with Crippen molar-refractivity contribution < 1.29 is 0 Å². The normalized spacial score (nSPS) is 11.4. The van der Waals surface area contributed by atoms with Crippen molar-refractivity contribution >= 4 is 11.8 Å².